The van der Waals surface area contributed by atoms with Gasteiger partial charge in [-0.05, 0) is 119 Å². The van der Waals surface area contributed by atoms with Crippen LogP contribution in [0, 0.1) is 11.8 Å². The molecule has 1 N–H and O–H groups in total. The molecular weight excluding hydrogens is 799 g/mol. The maximum atomic E-state index is 12.6. The Morgan fingerprint density at radius 2 is 1.14 bits per heavy atom. The van der Waals surface area contributed by atoms with E-state index in [1.54, 1.807) is 13.2 Å². The van der Waals surface area contributed by atoms with Gasteiger partial charge in [0.2, 0.25) is 0 Å². The molecule has 0 amide bonds. The van der Waals surface area contributed by atoms with E-state index >= 15 is 0 Å². The minimum absolute atomic E-state index is 0.0368. The summed E-state index contributed by atoms with van der Waals surface area (Å²) < 4.78 is 16.2. The number of carbonyl (C=O) groups excluding carboxylic acids is 3. The van der Waals surface area contributed by atoms with Crippen LogP contribution in [0.25, 0.3) is 0 Å². The van der Waals surface area contributed by atoms with Crippen LogP contribution in [0.1, 0.15) is 228 Å². The summed E-state index contributed by atoms with van der Waals surface area (Å²) in [5.74, 6) is 7.22. The van der Waals surface area contributed by atoms with Gasteiger partial charge in [0.05, 0.1) is 20.3 Å². The molecule has 0 aliphatic heterocycles. The average molecular weight is 890 g/mol. The van der Waals surface area contributed by atoms with Crippen LogP contribution in [0.15, 0.2) is 36.4 Å². The zero-order valence-corrected chi connectivity index (χ0v) is 41.4. The van der Waals surface area contributed by atoms with Gasteiger partial charge in [-0.15, -0.1) is 0 Å². The summed E-state index contributed by atoms with van der Waals surface area (Å²) in [6.45, 7) is 12.3. The molecular formula is C56H91NO7. The number of aliphatic hydroxyl groups is 1. The van der Waals surface area contributed by atoms with Crippen molar-refractivity contribution in [3.63, 3.8) is 0 Å². The van der Waals surface area contributed by atoms with Gasteiger partial charge in [0.15, 0.2) is 6.29 Å². The van der Waals surface area contributed by atoms with E-state index in [1.165, 1.54) is 81.8 Å². The van der Waals surface area contributed by atoms with Crippen molar-refractivity contribution in [1.82, 2.24) is 4.90 Å². The smallest absolute Gasteiger partial charge is 0.311 e. The fourth-order valence-corrected chi connectivity index (χ4v) is 7.68. The van der Waals surface area contributed by atoms with Crippen LogP contribution in [-0.4, -0.2) is 68.2 Å². The van der Waals surface area contributed by atoms with Crippen molar-refractivity contribution in [3.05, 3.63) is 58.7 Å². The van der Waals surface area contributed by atoms with Crippen LogP contribution < -0.4 is 9.47 Å². The van der Waals surface area contributed by atoms with Crippen molar-refractivity contribution < 1.29 is 33.7 Å². The van der Waals surface area contributed by atoms with Gasteiger partial charge in [0.1, 0.15) is 11.5 Å². The third-order valence-electron chi connectivity index (χ3n) is 11.6. The SMILES string of the molecule is CCCC#Cc1ccc(OC)cc1C=O.CCCCCCCCCOC(=O)CCCCCCCN(CCO)CCCCCCCC(=O)Oc1ccc(CCCCC)c(CCCCC)c1. The average Bonchev–Trinajstić information content (AvgIpc) is 3.30. The fraction of sp³-hybridized carbons (Fsp3) is 0.696. The van der Waals surface area contributed by atoms with Gasteiger partial charge in [0, 0.05) is 36.9 Å². The summed E-state index contributed by atoms with van der Waals surface area (Å²) in [6.07, 6.45) is 32.6. The molecule has 0 atom stereocenters. The second kappa shape index (κ2) is 42.0. The van der Waals surface area contributed by atoms with Gasteiger partial charge in [-0.3, -0.25) is 14.4 Å². The molecule has 0 heterocycles. The first-order valence-electron chi connectivity index (χ1n) is 25.8. The van der Waals surface area contributed by atoms with Crippen molar-refractivity contribution >= 4 is 18.2 Å². The van der Waals surface area contributed by atoms with E-state index < -0.39 is 0 Å². The lowest BCUT2D eigenvalue weighted by Crippen LogP contribution is -2.29. The highest BCUT2D eigenvalue weighted by Gasteiger charge is 2.10. The Kier molecular flexibility index (Phi) is 38.3. The van der Waals surface area contributed by atoms with Gasteiger partial charge < -0.3 is 24.2 Å². The third-order valence-corrected chi connectivity index (χ3v) is 11.6. The van der Waals surface area contributed by atoms with Crippen LogP contribution in [-0.2, 0) is 27.2 Å². The standard InChI is InChI=1S/C43H77NO5.C13H14O2/c1-4-7-10-11-12-19-26-37-48-42(46)29-22-15-13-17-24-33-44(35-36-45)34-25-18-14-16-23-30-43(47)49-41-32-31-39(27-20-8-5-2)40(38-41)28-21-9-6-3;1-3-4-5-6-11-7-8-13(15-2)9-12(11)10-14/h31-32,38,45H,4-30,33-37H2,1-3H3;7-10H,3-4H2,1-2H3. The third kappa shape index (κ3) is 31.2. The second-order valence-electron chi connectivity index (χ2n) is 17.4. The molecule has 0 unspecified atom stereocenters. The number of methoxy groups -OCH3 is 1. The van der Waals surface area contributed by atoms with Crippen LogP contribution in [0.3, 0.4) is 0 Å². The molecule has 362 valence electrons. The van der Waals surface area contributed by atoms with Crippen molar-refractivity contribution in [1.29, 1.82) is 0 Å². The minimum atomic E-state index is -0.119. The molecule has 8 nitrogen and oxygen atoms in total. The van der Waals surface area contributed by atoms with Gasteiger partial charge in [0.25, 0.3) is 0 Å². The Morgan fingerprint density at radius 3 is 1.73 bits per heavy atom. The Balaban J connectivity index is 0.00000114. The second-order valence-corrected chi connectivity index (χ2v) is 17.4. The summed E-state index contributed by atoms with van der Waals surface area (Å²) in [6, 6.07) is 11.6. The molecule has 0 aromatic heterocycles. The highest BCUT2D eigenvalue weighted by molar-refractivity contribution is 5.80. The van der Waals surface area contributed by atoms with Crippen LogP contribution in [0.2, 0.25) is 0 Å². The Hall–Kier alpha value is -3.67. The fourth-order valence-electron chi connectivity index (χ4n) is 7.68. The summed E-state index contributed by atoms with van der Waals surface area (Å²) in [5.41, 5.74) is 4.12. The molecule has 2 aromatic carbocycles. The number of carbonyl (C=O) groups is 3. The van der Waals surface area contributed by atoms with Crippen molar-refractivity contribution in [3.8, 4) is 23.3 Å². The molecule has 0 bridgehead atoms. The van der Waals surface area contributed by atoms with Crippen LogP contribution in [0.4, 0.5) is 0 Å². The monoisotopic (exact) mass is 890 g/mol. The number of aryl methyl sites for hydroxylation is 2. The number of ether oxygens (including phenoxy) is 3. The van der Waals surface area contributed by atoms with Gasteiger partial charge >= 0.3 is 11.9 Å². The predicted molar refractivity (Wildman–Crippen MR) is 267 cm³/mol. The topological polar surface area (TPSA) is 102 Å². The first-order chi connectivity index (χ1) is 31.3. The minimum Gasteiger partial charge on any atom is -0.497 e. The Labute approximate surface area is 391 Å². The van der Waals surface area contributed by atoms with E-state index in [0.717, 1.165) is 134 Å². The van der Waals surface area contributed by atoms with Crippen LogP contribution >= 0.6 is 0 Å². The van der Waals surface area contributed by atoms with E-state index in [1.807, 2.05) is 18.2 Å². The molecule has 0 saturated carbocycles. The first-order valence-corrected chi connectivity index (χ1v) is 25.8. The molecule has 2 rings (SSSR count). The summed E-state index contributed by atoms with van der Waals surface area (Å²) >= 11 is 0. The number of hydrogen-bond acceptors (Lipinski definition) is 8. The number of rotatable bonds is 38. The maximum Gasteiger partial charge on any atom is 0.311 e. The number of esters is 2. The van der Waals surface area contributed by atoms with Gasteiger partial charge in [-0.25, -0.2) is 0 Å². The highest BCUT2D eigenvalue weighted by atomic mass is 16.5. The summed E-state index contributed by atoms with van der Waals surface area (Å²) in [4.78, 5) is 37.7. The van der Waals surface area contributed by atoms with Gasteiger partial charge in [-0.2, -0.15) is 0 Å². The van der Waals surface area contributed by atoms with E-state index in [-0.39, 0.29) is 18.5 Å². The normalized spacial score (nSPS) is 10.8. The number of nitrogens with zero attached hydrogens (tertiary/aromatic N) is 1. The molecule has 0 aliphatic carbocycles. The largest absolute Gasteiger partial charge is 0.497 e. The molecule has 64 heavy (non-hydrogen) atoms. The molecule has 0 spiro atoms. The molecule has 8 heteroatoms. The van der Waals surface area contributed by atoms with Crippen LogP contribution in [0.5, 0.6) is 11.5 Å². The lowest BCUT2D eigenvalue weighted by Gasteiger charge is -2.21. The summed E-state index contributed by atoms with van der Waals surface area (Å²) in [5, 5.41) is 9.52. The van der Waals surface area contributed by atoms with E-state index in [0.29, 0.717) is 36.5 Å². The first kappa shape index (κ1) is 58.3. The maximum absolute atomic E-state index is 12.6. The molecule has 0 aliphatic rings. The molecule has 2 aromatic rings. The Morgan fingerprint density at radius 1 is 0.594 bits per heavy atom. The number of hydrogen-bond donors (Lipinski definition) is 1. The van der Waals surface area contributed by atoms with Gasteiger partial charge in [-0.1, -0.05) is 148 Å². The number of unbranched alkanes of at least 4 members (excludes halogenated alkanes) is 19. The predicted octanol–water partition coefficient (Wildman–Crippen LogP) is 14.0. The molecule has 0 fully saturated rings. The lowest BCUT2D eigenvalue weighted by molar-refractivity contribution is -0.144. The van der Waals surface area contributed by atoms with Crippen molar-refractivity contribution in [2.45, 2.75) is 214 Å². The van der Waals surface area contributed by atoms with E-state index in [4.69, 9.17) is 14.2 Å². The number of benzene rings is 2. The summed E-state index contributed by atoms with van der Waals surface area (Å²) in [7, 11) is 1.58. The molecule has 0 saturated heterocycles. The zero-order chi connectivity index (χ0) is 46.7. The van der Waals surface area contributed by atoms with E-state index in [2.05, 4.69) is 56.6 Å². The van der Waals surface area contributed by atoms with Crippen molar-refractivity contribution in [2.75, 3.05) is 40.0 Å². The van der Waals surface area contributed by atoms with E-state index in [9.17, 15) is 19.5 Å². The molecule has 0 radical (unpaired) electrons. The Bertz CT molecular complexity index is 1530. The number of aliphatic hydroxyl groups excluding tert-OH is 1. The zero-order valence-electron chi connectivity index (χ0n) is 41.4. The quantitative estimate of drug-likeness (QED) is 0.0234. The highest BCUT2D eigenvalue weighted by Crippen LogP contribution is 2.23. The lowest BCUT2D eigenvalue weighted by atomic mass is 9.97. The number of aldehydes is 1. The van der Waals surface area contributed by atoms with Crippen molar-refractivity contribution in [2.24, 2.45) is 0 Å².